The van der Waals surface area contributed by atoms with Crippen molar-refractivity contribution in [1.82, 2.24) is 10.4 Å². The minimum Gasteiger partial charge on any atom is -0.490 e. The van der Waals surface area contributed by atoms with E-state index in [-0.39, 0.29) is 5.91 Å². The monoisotopic (exact) mass is 403 g/mol. The fourth-order valence-corrected chi connectivity index (χ4v) is 2.81. The molecule has 0 atom stereocenters. The summed E-state index contributed by atoms with van der Waals surface area (Å²) in [6, 6.07) is 17.0. The third-order valence-corrected chi connectivity index (χ3v) is 4.34. The molecule has 1 aromatic heterocycles. The molecule has 1 heterocycles. The molecule has 1 N–H and O–H groups in total. The molecular formula is C24H25N3O3. The fourth-order valence-electron chi connectivity index (χ4n) is 2.81. The van der Waals surface area contributed by atoms with E-state index in [0.717, 1.165) is 23.5 Å². The molecule has 0 bridgehead atoms. The van der Waals surface area contributed by atoms with Gasteiger partial charge in [-0.1, -0.05) is 13.0 Å². The largest absolute Gasteiger partial charge is 0.490 e. The number of hydrogen-bond acceptors (Lipinski definition) is 5. The standard InChI is InChI=1S/C24H25N3O3/c1-3-19-14-18(2)15-23(16-19)30-13-12-29-22-6-4-20(5-7-22)17-26-27-24(28)21-8-10-25-11-9-21/h4-11,14-17H,3,12-13H2,1-2H3,(H,27,28). The quantitative estimate of drug-likeness (QED) is 0.331. The maximum atomic E-state index is 11.9. The topological polar surface area (TPSA) is 72.8 Å². The Morgan fingerprint density at radius 3 is 2.40 bits per heavy atom. The highest BCUT2D eigenvalue weighted by atomic mass is 16.5. The van der Waals surface area contributed by atoms with E-state index in [0.29, 0.717) is 18.8 Å². The van der Waals surface area contributed by atoms with Crippen molar-refractivity contribution in [2.45, 2.75) is 20.3 Å². The van der Waals surface area contributed by atoms with Gasteiger partial charge < -0.3 is 9.47 Å². The second kappa shape index (κ2) is 10.8. The van der Waals surface area contributed by atoms with E-state index in [4.69, 9.17) is 9.47 Å². The number of nitrogens with zero attached hydrogens (tertiary/aromatic N) is 2. The van der Waals surface area contributed by atoms with E-state index in [1.165, 1.54) is 11.1 Å². The van der Waals surface area contributed by atoms with Gasteiger partial charge in [0.05, 0.1) is 6.21 Å². The first-order valence-electron chi connectivity index (χ1n) is 9.83. The Balaban J connectivity index is 1.42. The number of nitrogens with one attached hydrogen (secondary N) is 1. The van der Waals surface area contributed by atoms with Gasteiger partial charge in [-0.05, 0) is 78.6 Å². The first kappa shape index (κ1) is 21.0. The molecule has 154 valence electrons. The van der Waals surface area contributed by atoms with Crippen LogP contribution in [0.3, 0.4) is 0 Å². The minimum atomic E-state index is -0.284. The second-order valence-corrected chi connectivity index (χ2v) is 6.71. The Kier molecular flexibility index (Phi) is 7.55. The van der Waals surface area contributed by atoms with Crippen LogP contribution in [0.1, 0.15) is 34.0 Å². The predicted octanol–water partition coefficient (Wildman–Crippen LogP) is 4.17. The van der Waals surface area contributed by atoms with Gasteiger partial charge in [-0.3, -0.25) is 9.78 Å². The molecule has 0 saturated heterocycles. The van der Waals surface area contributed by atoms with E-state index in [1.807, 2.05) is 30.3 Å². The van der Waals surface area contributed by atoms with Gasteiger partial charge in [0, 0.05) is 18.0 Å². The Morgan fingerprint density at radius 1 is 1.00 bits per heavy atom. The fraction of sp³-hybridized carbons (Fsp3) is 0.208. The molecule has 3 aromatic rings. The lowest BCUT2D eigenvalue weighted by Crippen LogP contribution is -2.17. The van der Waals surface area contributed by atoms with Crippen molar-refractivity contribution >= 4 is 12.1 Å². The molecule has 0 fully saturated rings. The lowest BCUT2D eigenvalue weighted by Gasteiger charge is -2.10. The Morgan fingerprint density at radius 2 is 1.70 bits per heavy atom. The van der Waals surface area contributed by atoms with Gasteiger partial charge in [-0.25, -0.2) is 5.43 Å². The SMILES string of the molecule is CCc1cc(C)cc(OCCOc2ccc(C=NNC(=O)c3ccncc3)cc2)c1. The van der Waals surface area contributed by atoms with Gasteiger partial charge in [0.25, 0.3) is 5.91 Å². The van der Waals surface area contributed by atoms with Crippen molar-refractivity contribution in [3.8, 4) is 11.5 Å². The zero-order chi connectivity index (χ0) is 21.2. The van der Waals surface area contributed by atoms with Crippen LogP contribution in [0.25, 0.3) is 0 Å². The van der Waals surface area contributed by atoms with E-state index in [1.54, 1.807) is 30.7 Å². The maximum absolute atomic E-state index is 11.9. The molecule has 1 amide bonds. The Bertz CT molecular complexity index is 986. The number of carbonyl (C=O) groups is 1. The van der Waals surface area contributed by atoms with E-state index in [2.05, 4.69) is 41.5 Å². The number of aryl methyl sites for hydroxylation is 2. The first-order chi connectivity index (χ1) is 14.6. The molecule has 0 spiro atoms. The number of ether oxygens (including phenoxy) is 2. The molecule has 2 aromatic carbocycles. The Hall–Kier alpha value is -3.67. The molecule has 6 heteroatoms. The molecular weight excluding hydrogens is 378 g/mol. The van der Waals surface area contributed by atoms with Crippen LogP contribution in [-0.2, 0) is 6.42 Å². The highest BCUT2D eigenvalue weighted by Gasteiger charge is 2.02. The molecule has 0 aliphatic heterocycles. The maximum Gasteiger partial charge on any atom is 0.271 e. The van der Waals surface area contributed by atoms with Crippen LogP contribution in [0, 0.1) is 6.92 Å². The average molecular weight is 403 g/mol. The van der Waals surface area contributed by atoms with Crippen LogP contribution in [0.2, 0.25) is 0 Å². The van der Waals surface area contributed by atoms with Crippen molar-refractivity contribution in [1.29, 1.82) is 0 Å². The van der Waals surface area contributed by atoms with E-state index >= 15 is 0 Å². The molecule has 0 saturated carbocycles. The smallest absolute Gasteiger partial charge is 0.271 e. The van der Waals surface area contributed by atoms with Crippen LogP contribution in [0.15, 0.2) is 72.1 Å². The van der Waals surface area contributed by atoms with Gasteiger partial charge in [0.15, 0.2) is 0 Å². The molecule has 3 rings (SSSR count). The number of hydrogen-bond donors (Lipinski definition) is 1. The van der Waals surface area contributed by atoms with Crippen molar-refractivity contribution in [3.05, 3.63) is 89.2 Å². The average Bonchev–Trinajstić information content (AvgIpc) is 2.78. The summed E-state index contributed by atoms with van der Waals surface area (Å²) in [6.07, 6.45) is 5.68. The molecule has 6 nitrogen and oxygen atoms in total. The lowest BCUT2D eigenvalue weighted by atomic mass is 10.1. The third-order valence-electron chi connectivity index (χ3n) is 4.34. The minimum absolute atomic E-state index is 0.284. The summed E-state index contributed by atoms with van der Waals surface area (Å²) in [4.78, 5) is 15.8. The van der Waals surface area contributed by atoms with Gasteiger partial charge in [0.1, 0.15) is 24.7 Å². The van der Waals surface area contributed by atoms with E-state index < -0.39 is 0 Å². The molecule has 0 radical (unpaired) electrons. The summed E-state index contributed by atoms with van der Waals surface area (Å²) in [7, 11) is 0. The first-order valence-corrected chi connectivity index (χ1v) is 9.83. The van der Waals surface area contributed by atoms with Gasteiger partial charge in [0.2, 0.25) is 0 Å². The van der Waals surface area contributed by atoms with Crippen LogP contribution in [0.5, 0.6) is 11.5 Å². The lowest BCUT2D eigenvalue weighted by molar-refractivity contribution is 0.0955. The van der Waals surface area contributed by atoms with Gasteiger partial charge in [-0.15, -0.1) is 0 Å². The van der Waals surface area contributed by atoms with E-state index in [9.17, 15) is 4.79 Å². The second-order valence-electron chi connectivity index (χ2n) is 6.71. The summed E-state index contributed by atoms with van der Waals surface area (Å²) < 4.78 is 11.5. The number of aromatic nitrogens is 1. The summed E-state index contributed by atoms with van der Waals surface area (Å²) in [5.41, 5.74) is 6.30. The summed E-state index contributed by atoms with van der Waals surface area (Å²) in [5, 5.41) is 3.97. The van der Waals surface area contributed by atoms with Gasteiger partial charge in [-0.2, -0.15) is 5.10 Å². The number of pyridine rings is 1. The van der Waals surface area contributed by atoms with Gasteiger partial charge >= 0.3 is 0 Å². The number of benzene rings is 2. The normalized spacial score (nSPS) is 10.7. The highest BCUT2D eigenvalue weighted by molar-refractivity contribution is 5.94. The Labute approximate surface area is 176 Å². The zero-order valence-corrected chi connectivity index (χ0v) is 17.2. The molecule has 0 unspecified atom stereocenters. The zero-order valence-electron chi connectivity index (χ0n) is 17.2. The third kappa shape index (κ3) is 6.44. The van der Waals surface area contributed by atoms with Crippen LogP contribution >= 0.6 is 0 Å². The van der Waals surface area contributed by atoms with Crippen molar-refractivity contribution in [2.24, 2.45) is 5.10 Å². The number of rotatable bonds is 9. The number of carbonyl (C=O) groups excluding carboxylic acids is 1. The molecule has 0 aliphatic carbocycles. The highest BCUT2D eigenvalue weighted by Crippen LogP contribution is 2.17. The van der Waals surface area contributed by atoms with Crippen molar-refractivity contribution < 1.29 is 14.3 Å². The number of amides is 1. The van der Waals surface area contributed by atoms with Crippen LogP contribution in [0.4, 0.5) is 0 Å². The van der Waals surface area contributed by atoms with Crippen LogP contribution in [-0.4, -0.2) is 30.3 Å². The summed E-state index contributed by atoms with van der Waals surface area (Å²) in [6.45, 7) is 5.12. The molecule has 0 aliphatic rings. The summed E-state index contributed by atoms with van der Waals surface area (Å²) >= 11 is 0. The predicted molar refractivity (Wildman–Crippen MR) is 117 cm³/mol. The molecule has 30 heavy (non-hydrogen) atoms. The number of hydrazone groups is 1. The van der Waals surface area contributed by atoms with Crippen LogP contribution < -0.4 is 14.9 Å². The van der Waals surface area contributed by atoms with Crippen molar-refractivity contribution in [2.75, 3.05) is 13.2 Å². The van der Waals surface area contributed by atoms with Crippen molar-refractivity contribution in [3.63, 3.8) is 0 Å². The summed E-state index contributed by atoms with van der Waals surface area (Å²) in [5.74, 6) is 1.33.